The molecule has 0 spiro atoms. The van der Waals surface area contributed by atoms with Crippen molar-refractivity contribution in [1.82, 2.24) is 4.98 Å². The lowest BCUT2D eigenvalue weighted by molar-refractivity contribution is 0.242. The summed E-state index contributed by atoms with van der Waals surface area (Å²) < 4.78 is 24.3. The molecule has 0 N–H and O–H groups in total. The highest BCUT2D eigenvalue weighted by Crippen LogP contribution is 2.36. The summed E-state index contributed by atoms with van der Waals surface area (Å²) in [5.74, 6) is 0.463. The Morgan fingerprint density at radius 3 is 2.50 bits per heavy atom. The molecule has 0 unspecified atom stereocenters. The van der Waals surface area contributed by atoms with Gasteiger partial charge in [0, 0.05) is 17.2 Å². The largest absolute Gasteiger partial charge is 0.490 e. The highest BCUT2D eigenvalue weighted by Gasteiger charge is 2.15. The Kier molecular flexibility index (Phi) is 4.45. The van der Waals surface area contributed by atoms with Gasteiger partial charge in [-0.05, 0) is 38.1 Å². The van der Waals surface area contributed by atoms with E-state index in [1.807, 2.05) is 13.8 Å². The average molecular weight is 296 g/mol. The summed E-state index contributed by atoms with van der Waals surface area (Å²) >= 11 is 5.85. The Morgan fingerprint density at radius 1 is 1.15 bits per heavy atom. The van der Waals surface area contributed by atoms with Gasteiger partial charge in [0.05, 0.1) is 13.2 Å². The molecule has 5 heteroatoms. The summed E-state index contributed by atoms with van der Waals surface area (Å²) in [7, 11) is 1.51. The van der Waals surface area contributed by atoms with Gasteiger partial charge in [0.2, 0.25) is 5.88 Å². The van der Waals surface area contributed by atoms with Crippen molar-refractivity contribution < 1.29 is 13.9 Å². The Morgan fingerprint density at radius 2 is 1.85 bits per heavy atom. The minimum atomic E-state index is -0.356. The van der Waals surface area contributed by atoms with Crippen molar-refractivity contribution in [1.29, 1.82) is 0 Å². The zero-order chi connectivity index (χ0) is 14.7. The third kappa shape index (κ3) is 3.20. The second-order valence-electron chi connectivity index (χ2n) is 4.50. The van der Waals surface area contributed by atoms with Gasteiger partial charge in [0.1, 0.15) is 16.7 Å². The van der Waals surface area contributed by atoms with Crippen molar-refractivity contribution in [2.24, 2.45) is 0 Å². The topological polar surface area (TPSA) is 31.4 Å². The van der Waals surface area contributed by atoms with E-state index in [0.29, 0.717) is 27.9 Å². The van der Waals surface area contributed by atoms with Gasteiger partial charge >= 0.3 is 0 Å². The Hall–Kier alpha value is -1.81. The number of ether oxygens (including phenoxy) is 2. The van der Waals surface area contributed by atoms with Crippen LogP contribution < -0.4 is 9.47 Å². The first-order chi connectivity index (χ1) is 9.51. The fraction of sp³-hybridized carbons (Fsp3) is 0.267. The van der Waals surface area contributed by atoms with E-state index in [1.54, 1.807) is 18.2 Å². The van der Waals surface area contributed by atoms with Crippen LogP contribution in [0.25, 0.3) is 11.1 Å². The minimum Gasteiger partial charge on any atom is -0.490 e. The molecule has 0 aliphatic heterocycles. The number of hydrogen-bond donors (Lipinski definition) is 0. The first kappa shape index (κ1) is 14.6. The van der Waals surface area contributed by atoms with E-state index in [1.165, 1.54) is 19.2 Å². The standard InChI is InChI=1S/C15H15ClFNO2/c1-9(2)20-13-8-10(17)4-5-11(13)12-6-7-14(16)18-15(12)19-3/h4-9H,1-3H3. The molecule has 1 heterocycles. The maximum absolute atomic E-state index is 13.4. The maximum atomic E-state index is 13.4. The fourth-order valence-corrected chi connectivity index (χ4v) is 1.99. The van der Waals surface area contributed by atoms with Crippen LogP contribution in [0.5, 0.6) is 11.6 Å². The van der Waals surface area contributed by atoms with Crippen LogP contribution in [0.2, 0.25) is 5.15 Å². The summed E-state index contributed by atoms with van der Waals surface area (Å²) in [6.07, 6.45) is -0.0678. The predicted octanol–water partition coefficient (Wildman–Crippen LogP) is 4.34. The van der Waals surface area contributed by atoms with E-state index in [-0.39, 0.29) is 11.9 Å². The quantitative estimate of drug-likeness (QED) is 0.786. The number of hydrogen-bond acceptors (Lipinski definition) is 3. The molecule has 3 nitrogen and oxygen atoms in total. The molecule has 0 bridgehead atoms. The van der Waals surface area contributed by atoms with Crippen LogP contribution in [0, 0.1) is 5.82 Å². The molecule has 0 aliphatic carbocycles. The van der Waals surface area contributed by atoms with Crippen molar-refractivity contribution >= 4 is 11.6 Å². The van der Waals surface area contributed by atoms with Gasteiger partial charge in [-0.25, -0.2) is 9.37 Å². The third-order valence-electron chi connectivity index (χ3n) is 2.62. The van der Waals surface area contributed by atoms with Crippen LogP contribution >= 0.6 is 11.6 Å². The zero-order valence-electron chi connectivity index (χ0n) is 11.5. The van der Waals surface area contributed by atoms with Gasteiger partial charge in [-0.3, -0.25) is 0 Å². The second kappa shape index (κ2) is 6.09. The average Bonchev–Trinajstić information content (AvgIpc) is 2.39. The molecule has 2 aromatic rings. The molecule has 0 saturated heterocycles. The van der Waals surface area contributed by atoms with Crippen LogP contribution in [0.4, 0.5) is 4.39 Å². The maximum Gasteiger partial charge on any atom is 0.222 e. The van der Waals surface area contributed by atoms with Crippen molar-refractivity contribution in [3.63, 3.8) is 0 Å². The zero-order valence-corrected chi connectivity index (χ0v) is 12.2. The second-order valence-corrected chi connectivity index (χ2v) is 4.89. The van der Waals surface area contributed by atoms with E-state index in [2.05, 4.69) is 4.98 Å². The lowest BCUT2D eigenvalue weighted by atomic mass is 10.1. The molecule has 106 valence electrons. The molecule has 0 aliphatic rings. The molecule has 2 rings (SSSR count). The number of nitrogens with zero attached hydrogens (tertiary/aromatic N) is 1. The van der Waals surface area contributed by atoms with Gasteiger partial charge in [-0.1, -0.05) is 11.6 Å². The van der Waals surface area contributed by atoms with Crippen molar-refractivity contribution in [2.45, 2.75) is 20.0 Å². The van der Waals surface area contributed by atoms with Crippen LogP contribution in [0.1, 0.15) is 13.8 Å². The van der Waals surface area contributed by atoms with Gasteiger partial charge < -0.3 is 9.47 Å². The highest BCUT2D eigenvalue weighted by atomic mass is 35.5. The van der Waals surface area contributed by atoms with E-state index < -0.39 is 0 Å². The molecular formula is C15H15ClFNO2. The number of methoxy groups -OCH3 is 1. The Labute approximate surface area is 122 Å². The van der Waals surface area contributed by atoms with Gasteiger partial charge in [0.15, 0.2) is 0 Å². The SMILES string of the molecule is COc1nc(Cl)ccc1-c1ccc(F)cc1OC(C)C. The van der Waals surface area contributed by atoms with Crippen molar-refractivity contribution in [3.05, 3.63) is 41.3 Å². The molecule has 0 saturated carbocycles. The first-order valence-corrected chi connectivity index (χ1v) is 6.56. The third-order valence-corrected chi connectivity index (χ3v) is 2.83. The lowest BCUT2D eigenvalue weighted by Crippen LogP contribution is -2.07. The number of rotatable bonds is 4. The monoisotopic (exact) mass is 295 g/mol. The van der Waals surface area contributed by atoms with Crippen LogP contribution in [-0.4, -0.2) is 18.2 Å². The van der Waals surface area contributed by atoms with E-state index >= 15 is 0 Å². The van der Waals surface area contributed by atoms with Crippen molar-refractivity contribution in [2.75, 3.05) is 7.11 Å². The van der Waals surface area contributed by atoms with Crippen molar-refractivity contribution in [3.8, 4) is 22.8 Å². The molecule has 1 aromatic carbocycles. The predicted molar refractivity (Wildman–Crippen MR) is 77.0 cm³/mol. The number of pyridine rings is 1. The smallest absolute Gasteiger partial charge is 0.222 e. The van der Waals surface area contributed by atoms with Gasteiger partial charge in [-0.2, -0.15) is 0 Å². The summed E-state index contributed by atoms with van der Waals surface area (Å²) in [4.78, 5) is 4.10. The Bertz CT molecular complexity index is 617. The minimum absolute atomic E-state index is 0.0678. The Balaban J connectivity index is 2.57. The molecule has 0 atom stereocenters. The summed E-state index contributed by atoms with van der Waals surface area (Å²) in [5, 5.41) is 0.332. The van der Waals surface area contributed by atoms with Crippen LogP contribution in [0.3, 0.4) is 0 Å². The fourth-order valence-electron chi connectivity index (χ4n) is 1.85. The summed E-state index contributed by atoms with van der Waals surface area (Å²) in [6, 6.07) is 7.79. The molecular weight excluding hydrogens is 281 g/mol. The molecule has 1 aromatic heterocycles. The number of halogens is 2. The number of benzene rings is 1. The summed E-state index contributed by atoms with van der Waals surface area (Å²) in [6.45, 7) is 3.76. The highest BCUT2D eigenvalue weighted by molar-refractivity contribution is 6.29. The molecule has 20 heavy (non-hydrogen) atoms. The van der Waals surface area contributed by atoms with Gasteiger partial charge in [0.25, 0.3) is 0 Å². The van der Waals surface area contributed by atoms with E-state index in [0.717, 1.165) is 0 Å². The lowest BCUT2D eigenvalue weighted by Gasteiger charge is -2.16. The molecule has 0 amide bonds. The van der Waals surface area contributed by atoms with Crippen LogP contribution in [0.15, 0.2) is 30.3 Å². The van der Waals surface area contributed by atoms with Gasteiger partial charge in [-0.15, -0.1) is 0 Å². The summed E-state index contributed by atoms with van der Waals surface area (Å²) in [5.41, 5.74) is 1.41. The number of aromatic nitrogens is 1. The van der Waals surface area contributed by atoms with E-state index in [9.17, 15) is 4.39 Å². The van der Waals surface area contributed by atoms with Crippen LogP contribution in [-0.2, 0) is 0 Å². The first-order valence-electron chi connectivity index (χ1n) is 6.18. The normalized spacial score (nSPS) is 10.7. The molecule has 0 fully saturated rings. The molecule has 0 radical (unpaired) electrons. The van der Waals surface area contributed by atoms with E-state index in [4.69, 9.17) is 21.1 Å².